The Hall–Kier alpha value is -2.09. The van der Waals surface area contributed by atoms with Gasteiger partial charge in [-0.15, -0.1) is 24.0 Å². The quantitative estimate of drug-likeness (QED) is 0.323. The summed E-state index contributed by atoms with van der Waals surface area (Å²) in [6, 6.07) is 18.4. The maximum atomic E-state index is 12.1. The topological polar surface area (TPSA) is 56.7 Å². The fourth-order valence-electron chi connectivity index (χ4n) is 3.02. The van der Waals surface area contributed by atoms with Crippen molar-refractivity contribution in [2.45, 2.75) is 25.7 Å². The van der Waals surface area contributed by atoms with Crippen LogP contribution in [-0.4, -0.2) is 51.0 Å². The molecular weight excluding hydrogens is 475 g/mol. The molecule has 2 rings (SSSR count). The number of benzene rings is 2. The molecule has 0 fully saturated rings. The number of carbonyl (C=O) groups is 1. The molecule has 2 aromatic carbocycles. The molecule has 0 radical (unpaired) electrons. The molecule has 2 aromatic rings. The van der Waals surface area contributed by atoms with Crippen molar-refractivity contribution in [1.82, 2.24) is 15.5 Å². The number of nitrogens with zero attached hydrogens (tertiary/aromatic N) is 2. The fourth-order valence-corrected chi connectivity index (χ4v) is 3.02. The number of hydrogen-bond acceptors (Lipinski definition) is 2. The van der Waals surface area contributed by atoms with E-state index in [2.05, 4.69) is 46.8 Å². The average molecular weight is 508 g/mol. The summed E-state index contributed by atoms with van der Waals surface area (Å²) in [5.41, 5.74) is 3.22. The lowest BCUT2D eigenvalue weighted by molar-refractivity contribution is 0.0827. The summed E-state index contributed by atoms with van der Waals surface area (Å²) in [4.78, 5) is 18.0. The minimum absolute atomic E-state index is 0. The first-order chi connectivity index (χ1) is 13.5. The predicted octanol–water partition coefficient (Wildman–Crippen LogP) is 3.91. The summed E-state index contributed by atoms with van der Waals surface area (Å²) in [5.74, 6) is 1.34. The van der Waals surface area contributed by atoms with Crippen molar-refractivity contribution in [3.63, 3.8) is 0 Å². The molecule has 0 aliphatic heterocycles. The van der Waals surface area contributed by atoms with Crippen molar-refractivity contribution in [2.24, 2.45) is 4.99 Å². The first-order valence-electron chi connectivity index (χ1n) is 9.81. The van der Waals surface area contributed by atoms with E-state index in [9.17, 15) is 4.79 Å². The number of rotatable bonds is 8. The Kier molecular flexibility index (Phi) is 11.3. The van der Waals surface area contributed by atoms with Crippen LogP contribution in [-0.2, 0) is 6.42 Å². The average Bonchev–Trinajstić information content (AvgIpc) is 2.72. The van der Waals surface area contributed by atoms with E-state index in [0.717, 1.165) is 43.0 Å². The van der Waals surface area contributed by atoms with Crippen LogP contribution in [0.4, 0.5) is 0 Å². The van der Waals surface area contributed by atoms with Gasteiger partial charge in [0.2, 0.25) is 0 Å². The standard InChI is InChI=1S/C23H32N4O.HI/c1-18(20-10-6-5-7-11-20)13-15-25-23(24-2)26-16-14-19-9-8-12-21(17-19)22(28)27(3)4;/h5-12,17-18H,13-16H2,1-4H3,(H2,24,25,26);1H. The van der Waals surface area contributed by atoms with E-state index in [0.29, 0.717) is 5.92 Å². The van der Waals surface area contributed by atoms with Gasteiger partial charge in [0.05, 0.1) is 0 Å². The molecule has 0 heterocycles. The van der Waals surface area contributed by atoms with Gasteiger partial charge >= 0.3 is 0 Å². The van der Waals surface area contributed by atoms with Crippen molar-refractivity contribution in [1.29, 1.82) is 0 Å². The Morgan fingerprint density at radius 1 is 1.03 bits per heavy atom. The highest BCUT2D eigenvalue weighted by Gasteiger charge is 2.08. The highest BCUT2D eigenvalue weighted by atomic mass is 127. The number of guanidine groups is 1. The summed E-state index contributed by atoms with van der Waals surface area (Å²) >= 11 is 0. The van der Waals surface area contributed by atoms with Gasteiger partial charge in [-0.25, -0.2) is 0 Å². The predicted molar refractivity (Wildman–Crippen MR) is 132 cm³/mol. The maximum absolute atomic E-state index is 12.1. The third-order valence-corrected chi connectivity index (χ3v) is 4.75. The highest BCUT2D eigenvalue weighted by molar-refractivity contribution is 14.0. The minimum Gasteiger partial charge on any atom is -0.356 e. The number of amides is 1. The molecule has 5 nitrogen and oxygen atoms in total. The SMILES string of the molecule is CN=C(NCCc1cccc(C(=O)N(C)C)c1)NCCC(C)c1ccccc1.I. The van der Waals surface area contributed by atoms with Gasteiger partial charge in [-0.3, -0.25) is 9.79 Å². The Morgan fingerprint density at radius 2 is 1.72 bits per heavy atom. The van der Waals surface area contributed by atoms with E-state index in [-0.39, 0.29) is 29.9 Å². The molecule has 1 unspecified atom stereocenters. The lowest BCUT2D eigenvalue weighted by Crippen LogP contribution is -2.39. The first kappa shape index (κ1) is 24.9. The molecule has 6 heteroatoms. The fraction of sp³-hybridized carbons (Fsp3) is 0.391. The Morgan fingerprint density at radius 3 is 2.38 bits per heavy atom. The van der Waals surface area contributed by atoms with E-state index in [1.54, 1.807) is 26.0 Å². The summed E-state index contributed by atoms with van der Waals surface area (Å²) < 4.78 is 0. The van der Waals surface area contributed by atoms with Crippen molar-refractivity contribution in [3.8, 4) is 0 Å². The van der Waals surface area contributed by atoms with Crippen LogP contribution in [0.25, 0.3) is 0 Å². The number of halogens is 1. The second-order valence-electron chi connectivity index (χ2n) is 7.18. The number of hydrogen-bond donors (Lipinski definition) is 2. The Bertz CT molecular complexity index is 777. The summed E-state index contributed by atoms with van der Waals surface area (Å²) in [6.07, 6.45) is 1.87. The van der Waals surface area contributed by atoms with Gasteiger partial charge in [0.1, 0.15) is 0 Å². The van der Waals surface area contributed by atoms with Crippen LogP contribution in [0.2, 0.25) is 0 Å². The van der Waals surface area contributed by atoms with E-state index in [1.807, 2.05) is 30.3 Å². The lowest BCUT2D eigenvalue weighted by atomic mass is 9.98. The molecule has 0 aliphatic carbocycles. The van der Waals surface area contributed by atoms with Crippen LogP contribution >= 0.6 is 24.0 Å². The van der Waals surface area contributed by atoms with Crippen LogP contribution in [0.5, 0.6) is 0 Å². The summed E-state index contributed by atoms with van der Waals surface area (Å²) in [5, 5.41) is 6.73. The van der Waals surface area contributed by atoms with E-state index in [1.165, 1.54) is 5.56 Å². The smallest absolute Gasteiger partial charge is 0.253 e. The van der Waals surface area contributed by atoms with E-state index in [4.69, 9.17) is 0 Å². The molecule has 0 aromatic heterocycles. The third-order valence-electron chi connectivity index (χ3n) is 4.75. The molecule has 0 aliphatic rings. The van der Waals surface area contributed by atoms with Crippen molar-refractivity contribution in [2.75, 3.05) is 34.2 Å². The molecule has 1 amide bonds. The normalized spacial score (nSPS) is 11.9. The first-order valence-corrected chi connectivity index (χ1v) is 9.81. The molecule has 29 heavy (non-hydrogen) atoms. The summed E-state index contributed by atoms with van der Waals surface area (Å²) in [7, 11) is 5.32. The molecule has 0 saturated carbocycles. The van der Waals surface area contributed by atoms with Crippen molar-refractivity contribution >= 4 is 35.8 Å². The van der Waals surface area contributed by atoms with Crippen LogP contribution in [0.1, 0.15) is 40.7 Å². The number of nitrogens with one attached hydrogen (secondary N) is 2. The molecule has 1 atom stereocenters. The molecule has 0 bridgehead atoms. The molecular formula is C23H33IN4O. The van der Waals surface area contributed by atoms with Crippen LogP contribution < -0.4 is 10.6 Å². The van der Waals surface area contributed by atoms with E-state index >= 15 is 0 Å². The number of carbonyl (C=O) groups excluding carboxylic acids is 1. The lowest BCUT2D eigenvalue weighted by Gasteiger charge is -2.15. The zero-order valence-corrected chi connectivity index (χ0v) is 20.1. The molecule has 0 spiro atoms. The van der Waals surface area contributed by atoms with E-state index < -0.39 is 0 Å². The van der Waals surface area contributed by atoms with Crippen LogP contribution in [0.15, 0.2) is 59.6 Å². The second-order valence-corrected chi connectivity index (χ2v) is 7.18. The third kappa shape index (κ3) is 8.43. The van der Waals surface area contributed by atoms with Crippen LogP contribution in [0, 0.1) is 0 Å². The Labute approximate surface area is 192 Å². The monoisotopic (exact) mass is 508 g/mol. The second kappa shape index (κ2) is 13.2. The van der Waals surface area contributed by atoms with Gasteiger partial charge in [0.15, 0.2) is 5.96 Å². The maximum Gasteiger partial charge on any atom is 0.253 e. The molecule has 2 N–H and O–H groups in total. The van der Waals surface area contributed by atoms with Gasteiger partial charge in [0.25, 0.3) is 5.91 Å². The van der Waals surface area contributed by atoms with Crippen LogP contribution in [0.3, 0.4) is 0 Å². The largest absolute Gasteiger partial charge is 0.356 e. The Balaban J connectivity index is 0.00000420. The zero-order valence-electron chi connectivity index (χ0n) is 17.8. The molecule has 158 valence electrons. The minimum atomic E-state index is 0. The number of aliphatic imine (C=N–C) groups is 1. The van der Waals surface area contributed by atoms with Crippen molar-refractivity contribution < 1.29 is 4.79 Å². The van der Waals surface area contributed by atoms with Gasteiger partial charge in [0, 0.05) is 39.8 Å². The summed E-state index contributed by atoms with van der Waals surface area (Å²) in [6.45, 7) is 3.87. The van der Waals surface area contributed by atoms with Crippen molar-refractivity contribution in [3.05, 3.63) is 71.3 Å². The zero-order chi connectivity index (χ0) is 20.4. The van der Waals surface area contributed by atoms with Gasteiger partial charge in [-0.1, -0.05) is 49.4 Å². The highest BCUT2D eigenvalue weighted by Crippen LogP contribution is 2.17. The van der Waals surface area contributed by atoms with Gasteiger partial charge < -0.3 is 15.5 Å². The van der Waals surface area contributed by atoms with Gasteiger partial charge in [-0.2, -0.15) is 0 Å². The van der Waals surface area contributed by atoms with Gasteiger partial charge in [-0.05, 0) is 42.0 Å². The molecule has 0 saturated heterocycles.